The van der Waals surface area contributed by atoms with Crippen molar-refractivity contribution in [2.45, 2.75) is 38.5 Å². The van der Waals surface area contributed by atoms with E-state index in [-0.39, 0.29) is 17.9 Å². The van der Waals surface area contributed by atoms with Crippen molar-refractivity contribution in [2.75, 3.05) is 19.0 Å². The highest BCUT2D eigenvalue weighted by Gasteiger charge is 2.19. The Morgan fingerprint density at radius 2 is 2.00 bits per heavy atom. The van der Waals surface area contributed by atoms with Crippen molar-refractivity contribution in [3.8, 4) is 0 Å². The van der Waals surface area contributed by atoms with Crippen LogP contribution in [0.2, 0.25) is 0 Å². The zero-order valence-corrected chi connectivity index (χ0v) is 14.1. The number of benzene rings is 1. The Morgan fingerprint density at radius 3 is 2.61 bits per heavy atom. The standard InChI is InChI=1S/C18H25FN2O2/c1-12(10-17(22)18-6-5-9-23-18)20-13(2)15-8-7-14(19)11-16(15)21(3)4/h5-9,11-13,17,20,22H,10H2,1-4H3. The van der Waals surface area contributed by atoms with Crippen molar-refractivity contribution in [3.63, 3.8) is 0 Å². The van der Waals surface area contributed by atoms with Crippen molar-refractivity contribution < 1.29 is 13.9 Å². The molecule has 0 amide bonds. The molecule has 3 unspecified atom stereocenters. The Labute approximate surface area is 136 Å². The summed E-state index contributed by atoms with van der Waals surface area (Å²) in [5.41, 5.74) is 1.87. The van der Waals surface area contributed by atoms with E-state index in [2.05, 4.69) is 5.32 Å². The van der Waals surface area contributed by atoms with Crippen molar-refractivity contribution in [3.05, 3.63) is 53.7 Å². The van der Waals surface area contributed by atoms with Crippen LogP contribution >= 0.6 is 0 Å². The topological polar surface area (TPSA) is 48.6 Å². The van der Waals surface area contributed by atoms with Crippen LogP contribution in [-0.4, -0.2) is 25.2 Å². The first-order valence-electron chi connectivity index (χ1n) is 7.82. The molecule has 0 aliphatic rings. The molecular formula is C18H25FN2O2. The lowest BCUT2D eigenvalue weighted by molar-refractivity contribution is 0.127. The van der Waals surface area contributed by atoms with Crippen LogP contribution in [0.25, 0.3) is 0 Å². The summed E-state index contributed by atoms with van der Waals surface area (Å²) in [5, 5.41) is 13.6. The van der Waals surface area contributed by atoms with Crippen LogP contribution < -0.4 is 10.2 Å². The minimum atomic E-state index is -0.638. The Morgan fingerprint density at radius 1 is 1.26 bits per heavy atom. The van der Waals surface area contributed by atoms with Gasteiger partial charge in [0.1, 0.15) is 17.7 Å². The lowest BCUT2D eigenvalue weighted by atomic mass is 10.0. The van der Waals surface area contributed by atoms with Crippen molar-refractivity contribution >= 4 is 5.69 Å². The summed E-state index contributed by atoms with van der Waals surface area (Å²) in [7, 11) is 3.80. The van der Waals surface area contributed by atoms with E-state index in [1.165, 1.54) is 12.1 Å². The lowest BCUT2D eigenvalue weighted by Gasteiger charge is -2.26. The molecule has 1 aromatic heterocycles. The highest BCUT2D eigenvalue weighted by Crippen LogP contribution is 2.27. The van der Waals surface area contributed by atoms with Gasteiger partial charge in [0.15, 0.2) is 0 Å². The van der Waals surface area contributed by atoms with Gasteiger partial charge in [-0.05, 0) is 50.1 Å². The van der Waals surface area contributed by atoms with E-state index in [0.717, 1.165) is 11.3 Å². The number of nitrogens with one attached hydrogen (secondary N) is 1. The third-order valence-electron chi connectivity index (χ3n) is 3.92. The molecule has 0 bridgehead atoms. The zero-order chi connectivity index (χ0) is 17.0. The van der Waals surface area contributed by atoms with Crippen LogP contribution in [0, 0.1) is 5.82 Å². The van der Waals surface area contributed by atoms with Gasteiger partial charge in [0, 0.05) is 31.9 Å². The van der Waals surface area contributed by atoms with E-state index in [1.54, 1.807) is 24.5 Å². The summed E-state index contributed by atoms with van der Waals surface area (Å²) < 4.78 is 18.7. The number of rotatable bonds is 7. The van der Waals surface area contributed by atoms with E-state index in [9.17, 15) is 9.50 Å². The monoisotopic (exact) mass is 320 g/mol. The summed E-state index contributed by atoms with van der Waals surface area (Å²) in [6.45, 7) is 4.05. The fourth-order valence-electron chi connectivity index (χ4n) is 2.79. The molecule has 2 aromatic rings. The third-order valence-corrected chi connectivity index (χ3v) is 3.92. The molecule has 0 saturated heterocycles. The van der Waals surface area contributed by atoms with Gasteiger partial charge >= 0.3 is 0 Å². The first-order chi connectivity index (χ1) is 10.9. The van der Waals surface area contributed by atoms with Gasteiger partial charge in [0.25, 0.3) is 0 Å². The van der Waals surface area contributed by atoms with E-state index >= 15 is 0 Å². The molecule has 5 heteroatoms. The van der Waals surface area contributed by atoms with Crippen molar-refractivity contribution in [2.24, 2.45) is 0 Å². The maximum absolute atomic E-state index is 13.5. The van der Waals surface area contributed by atoms with Crippen LogP contribution in [0.5, 0.6) is 0 Å². The van der Waals surface area contributed by atoms with Gasteiger partial charge in [-0.15, -0.1) is 0 Å². The molecule has 0 saturated carbocycles. The number of aliphatic hydroxyl groups is 1. The molecule has 1 heterocycles. The summed E-state index contributed by atoms with van der Waals surface area (Å²) in [5.74, 6) is 0.327. The van der Waals surface area contributed by atoms with Crippen LogP contribution in [0.15, 0.2) is 41.0 Å². The lowest BCUT2D eigenvalue weighted by Crippen LogP contribution is -2.31. The predicted molar refractivity (Wildman–Crippen MR) is 90.0 cm³/mol. The summed E-state index contributed by atoms with van der Waals surface area (Å²) in [6.07, 6.45) is 1.46. The van der Waals surface area contributed by atoms with E-state index in [4.69, 9.17) is 4.42 Å². The van der Waals surface area contributed by atoms with Gasteiger partial charge in [-0.1, -0.05) is 6.07 Å². The van der Waals surface area contributed by atoms with E-state index < -0.39 is 6.10 Å². The average molecular weight is 320 g/mol. The van der Waals surface area contributed by atoms with E-state index in [0.29, 0.717) is 12.2 Å². The van der Waals surface area contributed by atoms with Crippen LogP contribution in [0.3, 0.4) is 0 Å². The average Bonchev–Trinajstić information content (AvgIpc) is 3.00. The highest BCUT2D eigenvalue weighted by atomic mass is 19.1. The van der Waals surface area contributed by atoms with Crippen LogP contribution in [0.1, 0.15) is 43.7 Å². The second-order valence-corrected chi connectivity index (χ2v) is 6.15. The molecule has 126 valence electrons. The van der Waals surface area contributed by atoms with Gasteiger partial charge < -0.3 is 19.7 Å². The number of furan rings is 1. The van der Waals surface area contributed by atoms with Gasteiger partial charge in [0.2, 0.25) is 0 Å². The molecule has 0 aliphatic carbocycles. The fraction of sp³-hybridized carbons (Fsp3) is 0.444. The second kappa shape index (κ2) is 7.62. The number of hydrogen-bond acceptors (Lipinski definition) is 4. The Balaban J connectivity index is 2.02. The van der Waals surface area contributed by atoms with Crippen molar-refractivity contribution in [1.82, 2.24) is 5.32 Å². The fourth-order valence-corrected chi connectivity index (χ4v) is 2.79. The molecule has 1 aromatic carbocycles. The smallest absolute Gasteiger partial charge is 0.132 e. The maximum Gasteiger partial charge on any atom is 0.132 e. The van der Waals surface area contributed by atoms with Crippen molar-refractivity contribution in [1.29, 1.82) is 0 Å². The van der Waals surface area contributed by atoms with E-state index in [1.807, 2.05) is 32.8 Å². The molecule has 0 spiro atoms. The Hall–Kier alpha value is -1.85. The summed E-state index contributed by atoms with van der Waals surface area (Å²) in [6, 6.07) is 8.46. The molecule has 2 rings (SSSR count). The van der Waals surface area contributed by atoms with Crippen LogP contribution in [0.4, 0.5) is 10.1 Å². The third kappa shape index (κ3) is 4.56. The molecule has 0 radical (unpaired) electrons. The van der Waals surface area contributed by atoms with Crippen LogP contribution in [-0.2, 0) is 0 Å². The minimum Gasteiger partial charge on any atom is -0.467 e. The molecule has 4 nitrogen and oxygen atoms in total. The minimum absolute atomic E-state index is 0.0341. The number of aliphatic hydroxyl groups excluding tert-OH is 1. The highest BCUT2D eigenvalue weighted by molar-refractivity contribution is 5.54. The van der Waals surface area contributed by atoms with Gasteiger partial charge in [-0.2, -0.15) is 0 Å². The summed E-state index contributed by atoms with van der Waals surface area (Å²) in [4.78, 5) is 1.90. The number of hydrogen-bond donors (Lipinski definition) is 2. The zero-order valence-electron chi connectivity index (χ0n) is 14.1. The SMILES string of the molecule is CC(CC(O)c1ccco1)NC(C)c1ccc(F)cc1N(C)C. The number of anilines is 1. The summed E-state index contributed by atoms with van der Waals surface area (Å²) >= 11 is 0. The normalized spacial score (nSPS) is 15.2. The molecule has 2 N–H and O–H groups in total. The van der Waals surface area contributed by atoms with Gasteiger partial charge in [-0.3, -0.25) is 0 Å². The number of nitrogens with zero attached hydrogens (tertiary/aromatic N) is 1. The van der Waals surface area contributed by atoms with Gasteiger partial charge in [0.05, 0.1) is 6.26 Å². The maximum atomic E-state index is 13.5. The van der Waals surface area contributed by atoms with Gasteiger partial charge in [-0.25, -0.2) is 4.39 Å². The quantitative estimate of drug-likeness (QED) is 0.817. The largest absolute Gasteiger partial charge is 0.467 e. The Bertz CT molecular complexity index is 613. The first-order valence-corrected chi connectivity index (χ1v) is 7.82. The molecule has 0 fully saturated rings. The number of halogens is 1. The molecule has 0 aliphatic heterocycles. The second-order valence-electron chi connectivity index (χ2n) is 6.15. The first kappa shape index (κ1) is 17.5. The predicted octanol–water partition coefficient (Wildman–Crippen LogP) is 3.65. The molecule has 23 heavy (non-hydrogen) atoms. The molecular weight excluding hydrogens is 295 g/mol. The molecule has 3 atom stereocenters. The Kier molecular flexibility index (Phi) is 5.80.